The van der Waals surface area contributed by atoms with Gasteiger partial charge in [-0.3, -0.25) is 0 Å². The quantitative estimate of drug-likeness (QED) is 0.284. The zero-order chi connectivity index (χ0) is 25.6. The van der Waals surface area contributed by atoms with E-state index in [-0.39, 0.29) is 0 Å². The van der Waals surface area contributed by atoms with Gasteiger partial charge in [0.05, 0.1) is 44.6 Å². The van der Waals surface area contributed by atoms with Crippen LogP contribution in [0.2, 0.25) is 5.02 Å². The van der Waals surface area contributed by atoms with E-state index in [4.69, 9.17) is 40.3 Å². The summed E-state index contributed by atoms with van der Waals surface area (Å²) in [5.41, 5.74) is 1.83. The van der Waals surface area contributed by atoms with Crippen LogP contribution in [-0.4, -0.2) is 57.1 Å². The molecule has 1 aliphatic heterocycles. The minimum Gasteiger partial charge on any atom is -0.493 e. The summed E-state index contributed by atoms with van der Waals surface area (Å²) < 4.78 is 28.4. The molecule has 5 rings (SSSR count). The minimum absolute atomic E-state index is 0.328. The van der Waals surface area contributed by atoms with Crippen molar-refractivity contribution in [3.05, 3.63) is 71.2 Å². The lowest BCUT2D eigenvalue weighted by molar-refractivity contribution is 0.122. The molecule has 1 aliphatic rings. The molecule has 0 aliphatic carbocycles. The van der Waals surface area contributed by atoms with Gasteiger partial charge in [0.1, 0.15) is 17.3 Å². The first kappa shape index (κ1) is 24.9. The summed E-state index contributed by atoms with van der Waals surface area (Å²) >= 11 is 6.29. The molecule has 0 radical (unpaired) electrons. The Hall–Kier alpha value is -3.75. The van der Waals surface area contributed by atoms with Crippen molar-refractivity contribution in [3.63, 3.8) is 0 Å². The van der Waals surface area contributed by atoms with Gasteiger partial charge in [0, 0.05) is 24.9 Å². The predicted octanol–water partition coefficient (Wildman–Crippen LogP) is 5.55. The van der Waals surface area contributed by atoms with E-state index >= 15 is 0 Å². The zero-order valence-electron chi connectivity index (χ0n) is 20.8. The number of rotatable bonds is 9. The number of morpholine rings is 1. The van der Waals surface area contributed by atoms with Crippen LogP contribution in [-0.2, 0) is 11.2 Å². The monoisotopic (exact) mass is 521 g/mol. The van der Waals surface area contributed by atoms with Gasteiger partial charge in [-0.15, -0.1) is 0 Å². The van der Waals surface area contributed by atoms with Crippen LogP contribution >= 0.6 is 11.6 Å². The number of hydrogen-bond donors (Lipinski definition) is 0. The SMILES string of the molecule is COc1ccc(CCOc2nc(N3CCOCC3)c3cc(Oc4ccccc4Cl)ccc3n2)cc1OC. The third-order valence-electron chi connectivity index (χ3n) is 6.07. The summed E-state index contributed by atoms with van der Waals surface area (Å²) in [6.45, 7) is 3.14. The van der Waals surface area contributed by atoms with Crippen LogP contribution in [0.5, 0.6) is 29.0 Å². The van der Waals surface area contributed by atoms with Crippen molar-refractivity contribution in [2.24, 2.45) is 0 Å². The number of methoxy groups -OCH3 is 2. The van der Waals surface area contributed by atoms with Gasteiger partial charge in [0.15, 0.2) is 11.5 Å². The van der Waals surface area contributed by atoms with Gasteiger partial charge in [-0.05, 0) is 48.0 Å². The molecule has 0 bridgehead atoms. The van der Waals surface area contributed by atoms with E-state index in [0.29, 0.717) is 60.3 Å². The Kier molecular flexibility index (Phi) is 7.77. The number of anilines is 1. The van der Waals surface area contributed by atoms with Gasteiger partial charge in [-0.2, -0.15) is 9.97 Å². The Balaban J connectivity index is 1.39. The number of benzene rings is 3. The molecular weight excluding hydrogens is 494 g/mol. The van der Waals surface area contributed by atoms with Crippen LogP contribution in [0.3, 0.4) is 0 Å². The molecule has 2 heterocycles. The van der Waals surface area contributed by atoms with E-state index in [2.05, 4.69) is 9.88 Å². The fourth-order valence-corrected chi connectivity index (χ4v) is 4.34. The molecule has 9 heteroatoms. The Morgan fingerprint density at radius 1 is 0.892 bits per heavy atom. The van der Waals surface area contributed by atoms with Crippen LogP contribution in [0.25, 0.3) is 10.9 Å². The maximum Gasteiger partial charge on any atom is 0.318 e. The zero-order valence-corrected chi connectivity index (χ0v) is 21.5. The summed E-state index contributed by atoms with van der Waals surface area (Å²) in [5, 5.41) is 1.42. The molecule has 0 atom stereocenters. The second-order valence-corrected chi connectivity index (χ2v) is 8.84. The van der Waals surface area contributed by atoms with Crippen LogP contribution in [0.1, 0.15) is 5.56 Å². The highest BCUT2D eigenvalue weighted by Crippen LogP contribution is 2.34. The fraction of sp³-hybridized carbons (Fsp3) is 0.286. The first-order valence-corrected chi connectivity index (χ1v) is 12.4. The molecule has 192 valence electrons. The van der Waals surface area contributed by atoms with E-state index in [1.165, 1.54) is 0 Å². The smallest absolute Gasteiger partial charge is 0.318 e. The molecule has 8 nitrogen and oxygen atoms in total. The van der Waals surface area contributed by atoms with Gasteiger partial charge in [-0.1, -0.05) is 29.8 Å². The average molecular weight is 522 g/mol. The van der Waals surface area contributed by atoms with Crippen LogP contribution < -0.4 is 23.8 Å². The molecule has 0 amide bonds. The Labute approximate surface area is 220 Å². The summed E-state index contributed by atoms with van der Waals surface area (Å²) in [7, 11) is 3.24. The third kappa shape index (κ3) is 5.81. The van der Waals surface area contributed by atoms with Crippen molar-refractivity contribution in [1.29, 1.82) is 0 Å². The first-order chi connectivity index (χ1) is 18.1. The molecular formula is C28H28ClN3O5. The molecule has 0 spiro atoms. The Morgan fingerprint density at radius 2 is 1.70 bits per heavy atom. The van der Waals surface area contributed by atoms with E-state index in [0.717, 1.165) is 35.4 Å². The summed E-state index contributed by atoms with van der Waals surface area (Å²) in [4.78, 5) is 11.7. The largest absolute Gasteiger partial charge is 0.493 e. The molecule has 0 unspecified atom stereocenters. The van der Waals surface area contributed by atoms with Crippen LogP contribution in [0.4, 0.5) is 5.82 Å². The lowest BCUT2D eigenvalue weighted by atomic mass is 10.1. The average Bonchev–Trinajstić information content (AvgIpc) is 2.94. The number of fused-ring (bicyclic) bond motifs is 1. The third-order valence-corrected chi connectivity index (χ3v) is 6.38. The van der Waals surface area contributed by atoms with E-state index in [1.54, 1.807) is 20.3 Å². The van der Waals surface area contributed by atoms with Gasteiger partial charge < -0.3 is 28.6 Å². The lowest BCUT2D eigenvalue weighted by Gasteiger charge is -2.29. The molecule has 3 aromatic carbocycles. The van der Waals surface area contributed by atoms with Crippen LogP contribution in [0.15, 0.2) is 60.7 Å². The normalized spacial score (nSPS) is 13.4. The van der Waals surface area contributed by atoms with Crippen molar-refractivity contribution >= 4 is 28.3 Å². The van der Waals surface area contributed by atoms with E-state index in [9.17, 15) is 0 Å². The van der Waals surface area contributed by atoms with Crippen molar-refractivity contribution < 1.29 is 23.7 Å². The molecule has 37 heavy (non-hydrogen) atoms. The van der Waals surface area contributed by atoms with Gasteiger partial charge in [0.2, 0.25) is 0 Å². The second kappa shape index (κ2) is 11.5. The molecule has 0 saturated carbocycles. The molecule has 1 aromatic heterocycles. The predicted molar refractivity (Wildman–Crippen MR) is 143 cm³/mol. The van der Waals surface area contributed by atoms with E-state index in [1.807, 2.05) is 54.6 Å². The maximum atomic E-state index is 6.29. The molecule has 1 fully saturated rings. The molecule has 0 N–H and O–H groups in total. The highest BCUT2D eigenvalue weighted by Gasteiger charge is 2.19. The van der Waals surface area contributed by atoms with Crippen LogP contribution in [0, 0.1) is 0 Å². The number of hydrogen-bond acceptors (Lipinski definition) is 8. The van der Waals surface area contributed by atoms with Gasteiger partial charge in [0.25, 0.3) is 0 Å². The second-order valence-electron chi connectivity index (χ2n) is 8.43. The Bertz CT molecular complexity index is 1380. The van der Waals surface area contributed by atoms with Gasteiger partial charge in [-0.25, -0.2) is 0 Å². The van der Waals surface area contributed by atoms with Crippen molar-refractivity contribution in [2.45, 2.75) is 6.42 Å². The number of para-hydroxylation sites is 1. The standard InChI is InChI=1S/C28H28ClN3O5/c1-33-25-10-7-19(17-26(25)34-2)11-14-36-28-30-23-9-8-20(37-24-6-4-3-5-22(24)29)18-21(23)27(31-28)32-12-15-35-16-13-32/h3-10,17-18H,11-16H2,1-2H3. The number of aromatic nitrogens is 2. The highest BCUT2D eigenvalue weighted by molar-refractivity contribution is 6.32. The lowest BCUT2D eigenvalue weighted by Crippen LogP contribution is -2.37. The summed E-state index contributed by atoms with van der Waals surface area (Å²) in [6.07, 6.45) is 0.666. The number of nitrogens with zero attached hydrogens (tertiary/aromatic N) is 3. The number of ether oxygens (including phenoxy) is 5. The summed E-state index contributed by atoms with van der Waals surface area (Å²) in [6, 6.07) is 19.3. The Morgan fingerprint density at radius 3 is 2.49 bits per heavy atom. The topological polar surface area (TPSA) is 75.2 Å². The summed E-state index contributed by atoms with van der Waals surface area (Å²) in [5.74, 6) is 3.41. The highest BCUT2D eigenvalue weighted by atomic mass is 35.5. The van der Waals surface area contributed by atoms with Crippen molar-refractivity contribution in [2.75, 3.05) is 52.0 Å². The molecule has 1 saturated heterocycles. The fourth-order valence-electron chi connectivity index (χ4n) is 4.17. The first-order valence-electron chi connectivity index (χ1n) is 12.0. The van der Waals surface area contributed by atoms with Gasteiger partial charge >= 0.3 is 6.01 Å². The molecule has 4 aromatic rings. The maximum absolute atomic E-state index is 6.29. The van der Waals surface area contributed by atoms with Crippen molar-refractivity contribution in [3.8, 4) is 29.0 Å². The van der Waals surface area contributed by atoms with E-state index < -0.39 is 0 Å². The van der Waals surface area contributed by atoms with Crippen molar-refractivity contribution in [1.82, 2.24) is 9.97 Å². The number of halogens is 1. The minimum atomic E-state index is 0.328.